The molecule has 0 spiro atoms. The standard InChI is InChI=1S/C20H23N3O4/c1-4-13(3)22-19(25)17-12-15(10-11-21-17)18(24)23-16-8-6-14(7-9-16)20(26)27-5-2/h6-13H,4-5H2,1-3H3,(H,22,25)(H,23,24). The summed E-state index contributed by atoms with van der Waals surface area (Å²) in [6.07, 6.45) is 2.22. The van der Waals surface area contributed by atoms with Crippen LogP contribution in [0.3, 0.4) is 0 Å². The van der Waals surface area contributed by atoms with Crippen molar-refractivity contribution in [3.8, 4) is 0 Å². The van der Waals surface area contributed by atoms with Gasteiger partial charge in [-0.1, -0.05) is 6.92 Å². The van der Waals surface area contributed by atoms with Gasteiger partial charge in [-0.15, -0.1) is 0 Å². The third-order valence-corrected chi connectivity index (χ3v) is 3.90. The van der Waals surface area contributed by atoms with Gasteiger partial charge in [0.05, 0.1) is 12.2 Å². The largest absolute Gasteiger partial charge is 0.462 e. The molecule has 0 aliphatic heterocycles. The van der Waals surface area contributed by atoms with E-state index in [2.05, 4.69) is 15.6 Å². The van der Waals surface area contributed by atoms with Crippen molar-refractivity contribution in [3.05, 3.63) is 59.4 Å². The summed E-state index contributed by atoms with van der Waals surface area (Å²) in [6.45, 7) is 5.90. The molecule has 27 heavy (non-hydrogen) atoms. The SMILES string of the molecule is CCOC(=O)c1ccc(NC(=O)c2ccnc(C(=O)NC(C)CC)c2)cc1. The number of carbonyl (C=O) groups is 3. The lowest BCUT2D eigenvalue weighted by Crippen LogP contribution is -2.32. The molecule has 2 N–H and O–H groups in total. The van der Waals surface area contributed by atoms with Crippen molar-refractivity contribution in [1.29, 1.82) is 0 Å². The maximum atomic E-state index is 12.4. The van der Waals surface area contributed by atoms with Crippen molar-refractivity contribution in [2.24, 2.45) is 0 Å². The van der Waals surface area contributed by atoms with Gasteiger partial charge in [-0.05, 0) is 56.7 Å². The summed E-state index contributed by atoms with van der Waals surface area (Å²) >= 11 is 0. The summed E-state index contributed by atoms with van der Waals surface area (Å²) in [4.78, 5) is 40.2. The van der Waals surface area contributed by atoms with Crippen LogP contribution in [-0.2, 0) is 4.74 Å². The van der Waals surface area contributed by atoms with Gasteiger partial charge >= 0.3 is 5.97 Å². The quantitative estimate of drug-likeness (QED) is 0.731. The molecule has 0 bridgehead atoms. The van der Waals surface area contributed by atoms with E-state index in [-0.39, 0.29) is 23.6 Å². The molecular weight excluding hydrogens is 346 g/mol. The van der Waals surface area contributed by atoms with Gasteiger partial charge in [0.2, 0.25) is 0 Å². The molecule has 7 nitrogen and oxygen atoms in total. The number of nitrogens with zero attached hydrogens (tertiary/aromatic N) is 1. The van der Waals surface area contributed by atoms with Crippen molar-refractivity contribution in [3.63, 3.8) is 0 Å². The second kappa shape index (κ2) is 9.47. The van der Waals surface area contributed by atoms with Crippen LogP contribution in [0.15, 0.2) is 42.6 Å². The number of aromatic nitrogens is 1. The van der Waals surface area contributed by atoms with Gasteiger partial charge in [0.15, 0.2) is 0 Å². The molecule has 1 aromatic carbocycles. The molecule has 0 saturated heterocycles. The molecule has 0 radical (unpaired) electrons. The second-order valence-corrected chi connectivity index (χ2v) is 5.96. The fourth-order valence-corrected chi connectivity index (χ4v) is 2.20. The first-order valence-corrected chi connectivity index (χ1v) is 8.80. The van der Waals surface area contributed by atoms with E-state index in [4.69, 9.17) is 4.74 Å². The minimum Gasteiger partial charge on any atom is -0.462 e. The Balaban J connectivity index is 2.06. The first kappa shape index (κ1) is 20.1. The number of hydrogen-bond donors (Lipinski definition) is 2. The van der Waals surface area contributed by atoms with Gasteiger partial charge in [-0.2, -0.15) is 0 Å². The molecule has 142 valence electrons. The predicted octanol–water partition coefficient (Wildman–Crippen LogP) is 3.04. The zero-order chi connectivity index (χ0) is 19.8. The highest BCUT2D eigenvalue weighted by Gasteiger charge is 2.14. The maximum absolute atomic E-state index is 12.4. The lowest BCUT2D eigenvalue weighted by atomic mass is 10.1. The van der Waals surface area contributed by atoms with E-state index in [1.807, 2.05) is 13.8 Å². The zero-order valence-corrected chi connectivity index (χ0v) is 15.6. The van der Waals surface area contributed by atoms with Crippen molar-refractivity contribution < 1.29 is 19.1 Å². The number of nitrogens with one attached hydrogen (secondary N) is 2. The summed E-state index contributed by atoms with van der Waals surface area (Å²) in [6, 6.07) is 9.37. The Bertz CT molecular complexity index is 818. The molecule has 2 amide bonds. The molecule has 2 aromatic rings. The molecule has 1 aromatic heterocycles. The summed E-state index contributed by atoms with van der Waals surface area (Å²) in [7, 11) is 0. The molecule has 1 unspecified atom stereocenters. The van der Waals surface area contributed by atoms with E-state index in [1.165, 1.54) is 18.3 Å². The van der Waals surface area contributed by atoms with E-state index >= 15 is 0 Å². The van der Waals surface area contributed by atoms with E-state index in [1.54, 1.807) is 31.2 Å². The van der Waals surface area contributed by atoms with Crippen LogP contribution in [0, 0.1) is 0 Å². The van der Waals surface area contributed by atoms with Crippen LogP contribution in [0.2, 0.25) is 0 Å². The number of hydrogen-bond acceptors (Lipinski definition) is 5. The van der Waals surface area contributed by atoms with Gasteiger partial charge in [-0.25, -0.2) is 4.79 Å². The van der Waals surface area contributed by atoms with E-state index < -0.39 is 5.97 Å². The lowest BCUT2D eigenvalue weighted by Gasteiger charge is -2.11. The van der Waals surface area contributed by atoms with Crippen molar-refractivity contribution in [2.75, 3.05) is 11.9 Å². The van der Waals surface area contributed by atoms with Crippen molar-refractivity contribution >= 4 is 23.5 Å². The number of esters is 1. The highest BCUT2D eigenvalue weighted by atomic mass is 16.5. The van der Waals surface area contributed by atoms with Crippen LogP contribution in [-0.4, -0.2) is 35.4 Å². The maximum Gasteiger partial charge on any atom is 0.338 e. The number of pyridine rings is 1. The fraction of sp³-hybridized carbons (Fsp3) is 0.300. The minimum absolute atomic E-state index is 0.0229. The van der Waals surface area contributed by atoms with Gasteiger partial charge in [-0.3, -0.25) is 14.6 Å². The Hall–Kier alpha value is -3.22. The predicted molar refractivity (Wildman–Crippen MR) is 102 cm³/mol. The second-order valence-electron chi connectivity index (χ2n) is 5.96. The molecule has 1 atom stereocenters. The highest BCUT2D eigenvalue weighted by molar-refractivity contribution is 6.05. The minimum atomic E-state index is -0.415. The van der Waals surface area contributed by atoms with Crippen molar-refractivity contribution in [2.45, 2.75) is 33.2 Å². The molecule has 0 fully saturated rings. The Morgan fingerprint density at radius 3 is 2.37 bits per heavy atom. The molecule has 2 rings (SSSR count). The van der Waals surface area contributed by atoms with Crippen LogP contribution in [0.1, 0.15) is 58.4 Å². The summed E-state index contributed by atoms with van der Waals surface area (Å²) in [5.41, 5.74) is 1.42. The van der Waals surface area contributed by atoms with Gasteiger partial charge in [0.1, 0.15) is 5.69 Å². The number of ether oxygens (including phenoxy) is 1. The Labute approximate surface area is 158 Å². The topological polar surface area (TPSA) is 97.4 Å². The monoisotopic (exact) mass is 369 g/mol. The van der Waals surface area contributed by atoms with Gasteiger partial charge in [0.25, 0.3) is 11.8 Å². The fourth-order valence-electron chi connectivity index (χ4n) is 2.20. The molecule has 0 saturated carbocycles. The average molecular weight is 369 g/mol. The molecule has 0 aliphatic rings. The third kappa shape index (κ3) is 5.64. The van der Waals surface area contributed by atoms with Gasteiger partial charge < -0.3 is 15.4 Å². The first-order valence-electron chi connectivity index (χ1n) is 8.80. The van der Waals surface area contributed by atoms with E-state index in [0.29, 0.717) is 23.4 Å². The number of anilines is 1. The van der Waals surface area contributed by atoms with Crippen LogP contribution in [0.25, 0.3) is 0 Å². The highest BCUT2D eigenvalue weighted by Crippen LogP contribution is 2.13. The molecule has 7 heteroatoms. The molecule has 0 aliphatic carbocycles. The smallest absolute Gasteiger partial charge is 0.338 e. The Morgan fingerprint density at radius 1 is 1.04 bits per heavy atom. The number of carbonyl (C=O) groups excluding carboxylic acids is 3. The summed E-state index contributed by atoms with van der Waals surface area (Å²) in [5.74, 6) is -1.11. The first-order chi connectivity index (χ1) is 12.9. The normalized spacial score (nSPS) is 11.4. The lowest BCUT2D eigenvalue weighted by molar-refractivity contribution is 0.0526. The van der Waals surface area contributed by atoms with Crippen molar-refractivity contribution in [1.82, 2.24) is 10.3 Å². The summed E-state index contributed by atoms with van der Waals surface area (Å²) < 4.78 is 4.92. The zero-order valence-electron chi connectivity index (χ0n) is 15.6. The molecular formula is C20H23N3O4. The average Bonchev–Trinajstić information content (AvgIpc) is 2.68. The summed E-state index contributed by atoms with van der Waals surface area (Å²) in [5, 5.41) is 5.54. The Morgan fingerprint density at radius 2 is 1.74 bits per heavy atom. The Kier molecular flexibility index (Phi) is 7.05. The van der Waals surface area contributed by atoms with Gasteiger partial charge in [0, 0.05) is 23.5 Å². The van der Waals surface area contributed by atoms with E-state index in [0.717, 1.165) is 6.42 Å². The number of benzene rings is 1. The van der Waals surface area contributed by atoms with Crippen LogP contribution >= 0.6 is 0 Å². The van der Waals surface area contributed by atoms with Crippen LogP contribution in [0.5, 0.6) is 0 Å². The van der Waals surface area contributed by atoms with Crippen LogP contribution in [0.4, 0.5) is 5.69 Å². The van der Waals surface area contributed by atoms with E-state index in [9.17, 15) is 14.4 Å². The molecule has 1 heterocycles. The van der Waals surface area contributed by atoms with Crippen LogP contribution < -0.4 is 10.6 Å². The number of amides is 2. The number of rotatable bonds is 7. The third-order valence-electron chi connectivity index (χ3n) is 3.90.